The summed E-state index contributed by atoms with van der Waals surface area (Å²) in [6.07, 6.45) is 2.39. The quantitative estimate of drug-likeness (QED) is 0.179. The maximum Gasteiger partial charge on any atom is 0.197 e. The minimum Gasteiger partial charge on any atom is -0.355 e. The number of anilines is 5. The summed E-state index contributed by atoms with van der Waals surface area (Å²) in [4.78, 5) is 2.60. The van der Waals surface area contributed by atoms with Gasteiger partial charge < -0.3 is 10.2 Å². The zero-order chi connectivity index (χ0) is 41.1. The number of fused-ring (bicyclic) bond motifs is 11. The van der Waals surface area contributed by atoms with Crippen LogP contribution in [0.4, 0.5) is 28.4 Å². The van der Waals surface area contributed by atoms with E-state index in [1.165, 1.54) is 117 Å². The standard InChI is InChI=1S/C56H50BN2S/c1-53(2)26-27-54(3,4)43-28-32(24-25-39(43)53)58-45-30-35-33-16-9-11-18-38(33)55(5,6)42(35)29-37(45)49-50-47(31-36-34-17-10-14-23-48(34)60-52(36)49)59-46-22-13-12-19-40(46)56(7,8)41-20-15-21-44(57-50)51(41)59/h9-25,28-31,58H,26-27H2,1-8H3. The first-order chi connectivity index (χ1) is 28.7. The van der Waals surface area contributed by atoms with Crippen molar-refractivity contribution in [2.45, 2.75) is 89.9 Å². The fraction of sp³-hybridized carbons (Fsp3) is 0.250. The van der Waals surface area contributed by atoms with Gasteiger partial charge in [-0.3, -0.25) is 0 Å². The van der Waals surface area contributed by atoms with Gasteiger partial charge in [0.1, 0.15) is 0 Å². The molecule has 8 aromatic rings. The molecule has 0 amide bonds. The van der Waals surface area contributed by atoms with Crippen molar-refractivity contribution in [1.82, 2.24) is 0 Å². The Balaban J connectivity index is 1.18. The fourth-order valence-corrected chi connectivity index (χ4v) is 12.9. The van der Waals surface area contributed by atoms with Crippen LogP contribution in [-0.4, -0.2) is 7.28 Å². The third-order valence-corrected chi connectivity index (χ3v) is 16.3. The highest BCUT2D eigenvalue weighted by Crippen LogP contribution is 2.56. The van der Waals surface area contributed by atoms with Crippen LogP contribution in [0.2, 0.25) is 0 Å². The molecule has 0 saturated carbocycles. The summed E-state index contributed by atoms with van der Waals surface area (Å²) < 4.78 is 2.65. The number of rotatable bonds is 3. The SMILES string of the molecule is CC1(C)CCC(C)(C)c2cc(Nc3cc4c(cc3-c3c5c(cc6c3sc3ccccc36)N3c6ccccc6C(C)(C)c6cccc(c63)[B]5)C(C)(C)c3ccccc3-4)ccc21. The van der Waals surface area contributed by atoms with Gasteiger partial charge in [0.25, 0.3) is 0 Å². The lowest BCUT2D eigenvalue weighted by Gasteiger charge is -2.46. The molecule has 7 aromatic carbocycles. The molecule has 293 valence electrons. The molecule has 0 saturated heterocycles. The van der Waals surface area contributed by atoms with Crippen LogP contribution in [-0.2, 0) is 21.7 Å². The van der Waals surface area contributed by atoms with E-state index in [9.17, 15) is 0 Å². The van der Waals surface area contributed by atoms with E-state index in [0.717, 1.165) is 11.4 Å². The summed E-state index contributed by atoms with van der Waals surface area (Å²) >= 11 is 1.94. The van der Waals surface area contributed by atoms with Crippen LogP contribution in [0, 0.1) is 0 Å². The summed E-state index contributed by atoms with van der Waals surface area (Å²) in [6, 6.07) is 48.9. The van der Waals surface area contributed by atoms with Gasteiger partial charge in [0.05, 0.1) is 5.69 Å². The molecule has 2 aliphatic heterocycles. The molecule has 2 aliphatic carbocycles. The van der Waals surface area contributed by atoms with Crippen LogP contribution in [0.5, 0.6) is 0 Å². The lowest BCUT2D eigenvalue weighted by atomic mass is 9.55. The maximum absolute atomic E-state index is 4.15. The third kappa shape index (κ3) is 4.83. The third-order valence-electron chi connectivity index (χ3n) is 15.1. The van der Waals surface area contributed by atoms with Gasteiger partial charge in [-0.05, 0) is 122 Å². The summed E-state index contributed by atoms with van der Waals surface area (Å²) in [7, 11) is 2.51. The minimum atomic E-state index is -0.155. The number of nitrogens with zero attached hydrogens (tertiary/aromatic N) is 1. The van der Waals surface area contributed by atoms with E-state index >= 15 is 0 Å². The van der Waals surface area contributed by atoms with Crippen LogP contribution in [0.15, 0.2) is 127 Å². The monoisotopic (exact) mass is 793 g/mol. The fourth-order valence-electron chi connectivity index (χ4n) is 11.6. The van der Waals surface area contributed by atoms with Crippen LogP contribution < -0.4 is 21.1 Å². The molecule has 1 radical (unpaired) electrons. The first kappa shape index (κ1) is 36.3. The first-order valence-corrected chi connectivity index (χ1v) is 22.6. The second-order valence-corrected chi connectivity index (χ2v) is 21.3. The molecular formula is C56H50BN2S. The van der Waals surface area contributed by atoms with E-state index in [1.807, 2.05) is 11.3 Å². The molecule has 2 nitrogen and oxygen atoms in total. The van der Waals surface area contributed by atoms with E-state index < -0.39 is 0 Å². The maximum atomic E-state index is 4.15. The molecule has 4 aliphatic rings. The minimum absolute atomic E-state index is 0.106. The lowest BCUT2D eigenvalue weighted by molar-refractivity contribution is 0.332. The average molecular weight is 794 g/mol. The second-order valence-electron chi connectivity index (χ2n) is 20.3. The van der Waals surface area contributed by atoms with Gasteiger partial charge in [0, 0.05) is 59.3 Å². The molecule has 4 heteroatoms. The number of hydrogen-bond donors (Lipinski definition) is 1. The highest BCUT2D eigenvalue weighted by molar-refractivity contribution is 7.26. The average Bonchev–Trinajstić information content (AvgIpc) is 3.71. The van der Waals surface area contributed by atoms with Gasteiger partial charge in [-0.1, -0.05) is 146 Å². The van der Waals surface area contributed by atoms with Crippen LogP contribution in [0.25, 0.3) is 42.4 Å². The number of hydrogen-bond acceptors (Lipinski definition) is 3. The molecule has 0 fully saturated rings. The zero-order valence-electron chi connectivity index (χ0n) is 36.0. The highest BCUT2D eigenvalue weighted by Gasteiger charge is 2.43. The molecule has 0 bridgehead atoms. The normalized spacial score (nSPS) is 17.8. The van der Waals surface area contributed by atoms with Crippen LogP contribution >= 0.6 is 11.3 Å². The van der Waals surface area contributed by atoms with Crippen molar-refractivity contribution < 1.29 is 0 Å². The van der Waals surface area contributed by atoms with E-state index in [0.29, 0.717) is 0 Å². The van der Waals surface area contributed by atoms with Gasteiger partial charge in [-0.2, -0.15) is 0 Å². The van der Waals surface area contributed by atoms with Crippen molar-refractivity contribution in [2.24, 2.45) is 0 Å². The van der Waals surface area contributed by atoms with Gasteiger partial charge in [0.2, 0.25) is 0 Å². The largest absolute Gasteiger partial charge is 0.355 e. The molecule has 60 heavy (non-hydrogen) atoms. The predicted octanol–water partition coefficient (Wildman–Crippen LogP) is 14.2. The van der Waals surface area contributed by atoms with Crippen molar-refractivity contribution in [3.63, 3.8) is 0 Å². The number of benzene rings is 7. The van der Waals surface area contributed by atoms with E-state index in [4.69, 9.17) is 0 Å². The lowest BCUT2D eigenvalue weighted by Crippen LogP contribution is -2.45. The smallest absolute Gasteiger partial charge is 0.197 e. The highest BCUT2D eigenvalue weighted by atomic mass is 32.1. The van der Waals surface area contributed by atoms with Gasteiger partial charge >= 0.3 is 0 Å². The molecule has 1 aromatic heterocycles. The number of para-hydroxylation sites is 2. The van der Waals surface area contributed by atoms with Crippen molar-refractivity contribution in [2.75, 3.05) is 10.2 Å². The first-order valence-electron chi connectivity index (χ1n) is 21.8. The number of thiophene rings is 1. The molecular weight excluding hydrogens is 744 g/mol. The number of nitrogens with one attached hydrogen (secondary N) is 1. The van der Waals surface area contributed by atoms with Gasteiger partial charge in [-0.25, -0.2) is 0 Å². The predicted molar refractivity (Wildman–Crippen MR) is 259 cm³/mol. The summed E-state index contributed by atoms with van der Waals surface area (Å²) in [5.41, 5.74) is 22.3. The van der Waals surface area contributed by atoms with E-state index in [2.05, 4.69) is 200 Å². The molecule has 0 unspecified atom stereocenters. The Hall–Kier alpha value is -5.58. The molecule has 1 N–H and O–H groups in total. The Bertz CT molecular complexity index is 3180. The molecule has 0 atom stereocenters. The molecule has 3 heterocycles. The van der Waals surface area contributed by atoms with Gasteiger partial charge in [0.15, 0.2) is 7.28 Å². The van der Waals surface area contributed by atoms with Crippen LogP contribution in [0.1, 0.15) is 102 Å². The summed E-state index contributed by atoms with van der Waals surface area (Å²) in [5, 5.41) is 6.77. The van der Waals surface area contributed by atoms with Crippen molar-refractivity contribution >= 4 is 78.2 Å². The molecule has 0 spiro atoms. The topological polar surface area (TPSA) is 15.3 Å². The zero-order valence-corrected chi connectivity index (χ0v) is 36.8. The van der Waals surface area contributed by atoms with Crippen molar-refractivity contribution in [1.29, 1.82) is 0 Å². The Labute approximate surface area is 359 Å². The van der Waals surface area contributed by atoms with Crippen molar-refractivity contribution in [3.8, 4) is 22.3 Å². The Kier molecular flexibility index (Phi) is 7.28. The Morgan fingerprint density at radius 2 is 1.23 bits per heavy atom. The van der Waals surface area contributed by atoms with E-state index in [1.54, 1.807) is 0 Å². The molecule has 12 rings (SSSR count). The summed E-state index contributed by atoms with van der Waals surface area (Å²) in [5.74, 6) is 0. The van der Waals surface area contributed by atoms with Crippen molar-refractivity contribution in [3.05, 3.63) is 161 Å². The van der Waals surface area contributed by atoms with Gasteiger partial charge in [-0.15, -0.1) is 11.3 Å². The Morgan fingerprint density at radius 3 is 2.07 bits per heavy atom. The summed E-state index contributed by atoms with van der Waals surface area (Å²) in [6.45, 7) is 19.3. The Morgan fingerprint density at radius 1 is 0.533 bits per heavy atom. The van der Waals surface area contributed by atoms with Crippen LogP contribution in [0.3, 0.4) is 0 Å². The van der Waals surface area contributed by atoms with E-state index in [-0.39, 0.29) is 21.7 Å². The second kappa shape index (κ2) is 12.0.